The summed E-state index contributed by atoms with van der Waals surface area (Å²) in [6.45, 7) is 2.50. The lowest BCUT2D eigenvalue weighted by atomic mass is 10.00. The second-order valence-corrected chi connectivity index (χ2v) is 5.41. The normalized spacial score (nSPS) is 11.6. The van der Waals surface area contributed by atoms with E-state index in [4.69, 9.17) is 5.26 Å². The average molecular weight is 284 g/mol. The summed E-state index contributed by atoms with van der Waals surface area (Å²) in [5, 5.41) is 16.1. The lowest BCUT2D eigenvalue weighted by Gasteiger charge is -2.10. The van der Waals surface area contributed by atoms with E-state index in [2.05, 4.69) is 11.4 Å². The Morgan fingerprint density at radius 1 is 1.35 bits per heavy atom. The van der Waals surface area contributed by atoms with Crippen LogP contribution in [0.4, 0.5) is 0 Å². The maximum absolute atomic E-state index is 12.1. The van der Waals surface area contributed by atoms with Gasteiger partial charge in [0.15, 0.2) is 0 Å². The lowest BCUT2D eigenvalue weighted by molar-refractivity contribution is -0.123. The van der Waals surface area contributed by atoms with Crippen molar-refractivity contribution in [2.24, 2.45) is 5.92 Å². The maximum Gasteiger partial charge on any atom is 0.237 e. The van der Waals surface area contributed by atoms with Crippen LogP contribution in [0.3, 0.4) is 0 Å². The van der Waals surface area contributed by atoms with Crippen molar-refractivity contribution in [1.29, 1.82) is 5.26 Å². The van der Waals surface area contributed by atoms with Crippen molar-refractivity contribution in [1.82, 2.24) is 5.32 Å². The lowest BCUT2D eigenvalue weighted by Crippen LogP contribution is -2.30. The second-order valence-electron chi connectivity index (χ2n) is 4.67. The van der Waals surface area contributed by atoms with Gasteiger partial charge >= 0.3 is 0 Å². The van der Waals surface area contributed by atoms with Crippen LogP contribution < -0.4 is 5.32 Å². The minimum absolute atomic E-state index is 0.207. The molecule has 0 bridgehead atoms. The Morgan fingerprint density at radius 3 is 2.70 bits per heavy atom. The van der Waals surface area contributed by atoms with Gasteiger partial charge in [-0.1, -0.05) is 30.3 Å². The molecular weight excluding hydrogens is 268 g/mol. The minimum Gasteiger partial charge on any atom is -0.351 e. The van der Waals surface area contributed by atoms with Crippen molar-refractivity contribution < 1.29 is 4.79 Å². The Balaban J connectivity index is 1.93. The van der Waals surface area contributed by atoms with Gasteiger partial charge in [-0.25, -0.2) is 0 Å². The largest absolute Gasteiger partial charge is 0.351 e. The number of thiophene rings is 1. The standard InChI is InChI=1S/C16H16N2OS/c1-12-10-20-11-15(12)9-18-16(19)14(8-17)7-13-5-3-2-4-6-13/h2-6,10-11,14H,7,9H2,1H3,(H,18,19). The summed E-state index contributed by atoms with van der Waals surface area (Å²) in [6.07, 6.45) is 0.450. The highest BCUT2D eigenvalue weighted by atomic mass is 32.1. The van der Waals surface area contributed by atoms with Crippen LogP contribution in [0, 0.1) is 24.2 Å². The molecule has 1 aromatic heterocycles. The minimum atomic E-state index is -0.642. The zero-order chi connectivity index (χ0) is 14.4. The van der Waals surface area contributed by atoms with Crippen LogP contribution in [0.2, 0.25) is 0 Å². The third kappa shape index (κ3) is 3.69. The van der Waals surface area contributed by atoms with E-state index in [0.29, 0.717) is 13.0 Å². The average Bonchev–Trinajstić information content (AvgIpc) is 2.88. The van der Waals surface area contributed by atoms with Gasteiger partial charge in [0.25, 0.3) is 0 Å². The van der Waals surface area contributed by atoms with E-state index in [1.165, 1.54) is 5.56 Å². The van der Waals surface area contributed by atoms with Gasteiger partial charge < -0.3 is 5.32 Å². The van der Waals surface area contributed by atoms with Crippen LogP contribution in [0.15, 0.2) is 41.1 Å². The van der Waals surface area contributed by atoms with E-state index in [1.807, 2.05) is 48.0 Å². The summed E-state index contributed by atoms with van der Waals surface area (Å²) in [4.78, 5) is 12.1. The number of aryl methyl sites for hydroxylation is 1. The van der Waals surface area contributed by atoms with E-state index in [0.717, 1.165) is 11.1 Å². The third-order valence-electron chi connectivity index (χ3n) is 3.17. The number of hydrogen-bond acceptors (Lipinski definition) is 3. The van der Waals surface area contributed by atoms with E-state index in [9.17, 15) is 4.79 Å². The zero-order valence-corrected chi connectivity index (χ0v) is 12.1. The summed E-state index contributed by atoms with van der Waals surface area (Å²) in [7, 11) is 0. The van der Waals surface area contributed by atoms with Gasteiger partial charge in [0.05, 0.1) is 6.07 Å². The quantitative estimate of drug-likeness (QED) is 0.917. The van der Waals surface area contributed by atoms with Crippen LogP contribution in [0.5, 0.6) is 0 Å². The predicted molar refractivity (Wildman–Crippen MR) is 80.2 cm³/mol. The fraction of sp³-hybridized carbons (Fsp3) is 0.250. The third-order valence-corrected chi connectivity index (χ3v) is 4.08. The summed E-state index contributed by atoms with van der Waals surface area (Å²) < 4.78 is 0. The SMILES string of the molecule is Cc1cscc1CNC(=O)C(C#N)Cc1ccccc1. The van der Waals surface area contributed by atoms with Gasteiger partial charge in [-0.05, 0) is 40.8 Å². The fourth-order valence-corrected chi connectivity index (χ4v) is 2.78. The fourth-order valence-electron chi connectivity index (χ4n) is 1.92. The van der Waals surface area contributed by atoms with Crippen molar-refractivity contribution in [3.8, 4) is 6.07 Å². The smallest absolute Gasteiger partial charge is 0.237 e. The molecule has 0 radical (unpaired) electrons. The number of hydrogen-bond donors (Lipinski definition) is 1. The van der Waals surface area contributed by atoms with Gasteiger partial charge in [0.2, 0.25) is 5.91 Å². The molecule has 102 valence electrons. The topological polar surface area (TPSA) is 52.9 Å². The monoisotopic (exact) mass is 284 g/mol. The number of carbonyl (C=O) groups excluding carboxylic acids is 1. The first-order valence-electron chi connectivity index (χ1n) is 6.43. The molecule has 0 saturated carbocycles. The highest BCUT2D eigenvalue weighted by molar-refractivity contribution is 7.08. The molecule has 0 fully saturated rings. The van der Waals surface area contributed by atoms with Gasteiger partial charge in [0, 0.05) is 6.54 Å². The van der Waals surface area contributed by atoms with Crippen molar-refractivity contribution in [2.75, 3.05) is 0 Å². The maximum atomic E-state index is 12.1. The molecule has 0 aliphatic carbocycles. The molecule has 4 heteroatoms. The molecule has 0 spiro atoms. The Hall–Kier alpha value is -2.12. The molecule has 1 aromatic carbocycles. The molecule has 1 unspecified atom stereocenters. The van der Waals surface area contributed by atoms with Crippen LogP contribution in [-0.4, -0.2) is 5.91 Å². The number of rotatable bonds is 5. The van der Waals surface area contributed by atoms with E-state index in [-0.39, 0.29) is 5.91 Å². The summed E-state index contributed by atoms with van der Waals surface area (Å²) in [6, 6.07) is 11.7. The number of carbonyl (C=O) groups is 1. The Kier molecular flexibility index (Phi) is 4.91. The molecule has 3 nitrogen and oxygen atoms in total. The molecule has 1 N–H and O–H groups in total. The van der Waals surface area contributed by atoms with Crippen molar-refractivity contribution in [2.45, 2.75) is 19.9 Å². The second kappa shape index (κ2) is 6.88. The van der Waals surface area contributed by atoms with Crippen LogP contribution in [0.1, 0.15) is 16.7 Å². The van der Waals surface area contributed by atoms with Crippen LogP contribution in [0.25, 0.3) is 0 Å². The van der Waals surface area contributed by atoms with Gasteiger partial charge in [-0.3, -0.25) is 4.79 Å². The molecular formula is C16H16N2OS. The van der Waals surface area contributed by atoms with E-state index in [1.54, 1.807) is 11.3 Å². The zero-order valence-electron chi connectivity index (χ0n) is 11.3. The number of nitrogens with one attached hydrogen (secondary N) is 1. The highest BCUT2D eigenvalue weighted by Gasteiger charge is 2.18. The van der Waals surface area contributed by atoms with Crippen molar-refractivity contribution in [3.63, 3.8) is 0 Å². The highest BCUT2D eigenvalue weighted by Crippen LogP contribution is 2.14. The van der Waals surface area contributed by atoms with Crippen LogP contribution in [-0.2, 0) is 17.8 Å². The summed E-state index contributed by atoms with van der Waals surface area (Å²) in [5.41, 5.74) is 3.28. The van der Waals surface area contributed by atoms with E-state index >= 15 is 0 Å². The van der Waals surface area contributed by atoms with Gasteiger partial charge in [0.1, 0.15) is 5.92 Å². The molecule has 1 amide bonds. The number of amides is 1. The molecule has 0 aliphatic rings. The first-order chi connectivity index (χ1) is 9.70. The van der Waals surface area contributed by atoms with Crippen molar-refractivity contribution >= 4 is 17.2 Å². The molecule has 2 rings (SSSR count). The summed E-state index contributed by atoms with van der Waals surface area (Å²) in [5.74, 6) is -0.849. The summed E-state index contributed by atoms with van der Waals surface area (Å²) >= 11 is 1.62. The van der Waals surface area contributed by atoms with E-state index < -0.39 is 5.92 Å². The van der Waals surface area contributed by atoms with Crippen LogP contribution >= 0.6 is 11.3 Å². The van der Waals surface area contributed by atoms with Crippen molar-refractivity contribution in [3.05, 3.63) is 57.8 Å². The van der Waals surface area contributed by atoms with Gasteiger partial charge in [-0.2, -0.15) is 16.6 Å². The Labute approximate surface area is 122 Å². The molecule has 0 aliphatic heterocycles. The molecule has 1 heterocycles. The molecule has 2 aromatic rings. The Morgan fingerprint density at radius 2 is 2.10 bits per heavy atom. The first-order valence-corrected chi connectivity index (χ1v) is 7.38. The molecule has 20 heavy (non-hydrogen) atoms. The predicted octanol–water partition coefficient (Wildman–Crippen LogP) is 3.06. The number of nitrogens with zero attached hydrogens (tertiary/aromatic N) is 1. The number of benzene rings is 1. The van der Waals surface area contributed by atoms with Gasteiger partial charge in [-0.15, -0.1) is 0 Å². The molecule has 0 saturated heterocycles. The number of nitriles is 1. The Bertz CT molecular complexity index is 613. The molecule has 1 atom stereocenters. The first kappa shape index (κ1) is 14.3.